The summed E-state index contributed by atoms with van der Waals surface area (Å²) in [7, 11) is 0. The van der Waals surface area contributed by atoms with Gasteiger partial charge in [0, 0.05) is 17.2 Å². The van der Waals surface area contributed by atoms with Gasteiger partial charge in [0.2, 0.25) is 0 Å². The summed E-state index contributed by atoms with van der Waals surface area (Å²) in [5.74, 6) is -0.380. The molecule has 1 N–H and O–H groups in total. The zero-order chi connectivity index (χ0) is 10.3. The summed E-state index contributed by atoms with van der Waals surface area (Å²) in [4.78, 5) is 21.2. The van der Waals surface area contributed by atoms with Crippen molar-refractivity contribution in [1.29, 1.82) is 0 Å². The summed E-state index contributed by atoms with van der Waals surface area (Å²) in [6.45, 7) is 3.54. The average Bonchev–Trinajstić information content (AvgIpc) is 2.43. The minimum atomic E-state index is -0.530. The first-order chi connectivity index (χ1) is 6.61. The van der Waals surface area contributed by atoms with Gasteiger partial charge in [-0.1, -0.05) is 18.7 Å². The molecule has 1 aliphatic heterocycles. The van der Waals surface area contributed by atoms with Gasteiger partial charge in [-0.15, -0.1) is 0 Å². The van der Waals surface area contributed by atoms with Gasteiger partial charge in [-0.3, -0.25) is 14.9 Å². The standard InChI is InChI=1S/C9H6N2O3/c1-5-6-3-2-4-7(11(13)14)8(6)10-9(5)12/h2-4H,1H2,(H,10,12). The topological polar surface area (TPSA) is 72.2 Å². The molecular weight excluding hydrogens is 184 g/mol. The molecule has 5 nitrogen and oxygen atoms in total. The van der Waals surface area contributed by atoms with Crippen LogP contribution in [0.25, 0.3) is 5.57 Å². The van der Waals surface area contributed by atoms with E-state index < -0.39 is 4.92 Å². The molecule has 0 aliphatic carbocycles. The Morgan fingerprint density at radius 3 is 2.79 bits per heavy atom. The van der Waals surface area contributed by atoms with Crippen molar-refractivity contribution >= 4 is 22.9 Å². The van der Waals surface area contributed by atoms with E-state index in [2.05, 4.69) is 11.9 Å². The number of fused-ring (bicyclic) bond motifs is 1. The van der Waals surface area contributed by atoms with Crippen molar-refractivity contribution < 1.29 is 9.72 Å². The van der Waals surface area contributed by atoms with Crippen LogP contribution in [-0.2, 0) is 4.79 Å². The number of benzene rings is 1. The predicted molar refractivity (Wildman–Crippen MR) is 50.8 cm³/mol. The Hall–Kier alpha value is -2.17. The van der Waals surface area contributed by atoms with Crippen LogP contribution < -0.4 is 5.32 Å². The van der Waals surface area contributed by atoms with E-state index in [4.69, 9.17) is 0 Å². The van der Waals surface area contributed by atoms with E-state index in [0.717, 1.165) is 0 Å². The van der Waals surface area contributed by atoms with Gasteiger partial charge in [-0.05, 0) is 0 Å². The van der Waals surface area contributed by atoms with Crippen LogP contribution in [0, 0.1) is 10.1 Å². The fraction of sp³-hybridized carbons (Fsp3) is 0. The molecule has 0 bridgehead atoms. The summed E-state index contributed by atoms with van der Waals surface area (Å²) in [5, 5.41) is 13.0. The fourth-order valence-corrected chi connectivity index (χ4v) is 1.39. The van der Waals surface area contributed by atoms with Crippen molar-refractivity contribution in [2.75, 3.05) is 5.32 Å². The molecule has 1 heterocycles. The number of anilines is 1. The molecule has 0 fully saturated rings. The maximum absolute atomic E-state index is 11.2. The number of hydrogen-bond acceptors (Lipinski definition) is 3. The number of nitro groups is 1. The van der Waals surface area contributed by atoms with Gasteiger partial charge in [0.15, 0.2) is 0 Å². The number of nitro benzene ring substituents is 1. The van der Waals surface area contributed by atoms with Gasteiger partial charge in [-0.25, -0.2) is 0 Å². The van der Waals surface area contributed by atoms with Gasteiger partial charge in [-0.2, -0.15) is 0 Å². The Labute approximate surface area is 79.2 Å². The Balaban J connectivity index is 2.67. The average molecular weight is 190 g/mol. The van der Waals surface area contributed by atoms with E-state index in [1.165, 1.54) is 12.1 Å². The van der Waals surface area contributed by atoms with Crippen LogP contribution in [-0.4, -0.2) is 10.8 Å². The molecule has 1 aromatic carbocycles. The molecule has 0 unspecified atom stereocenters. The molecule has 0 radical (unpaired) electrons. The number of nitrogens with zero attached hydrogens (tertiary/aromatic N) is 1. The lowest BCUT2D eigenvalue weighted by Crippen LogP contribution is -2.04. The highest BCUT2D eigenvalue weighted by Gasteiger charge is 2.28. The molecule has 0 saturated carbocycles. The van der Waals surface area contributed by atoms with Gasteiger partial charge in [0.1, 0.15) is 5.69 Å². The number of hydrogen-bond donors (Lipinski definition) is 1. The Bertz CT molecular complexity index is 465. The lowest BCUT2D eigenvalue weighted by molar-refractivity contribution is -0.383. The smallest absolute Gasteiger partial charge is 0.293 e. The SMILES string of the molecule is C=C1C(=O)Nc2c1cccc2[N+](=O)[O-]. The Morgan fingerprint density at radius 1 is 1.43 bits per heavy atom. The first kappa shape index (κ1) is 8.43. The largest absolute Gasteiger partial charge is 0.316 e. The second kappa shape index (κ2) is 2.66. The molecule has 0 atom stereocenters. The van der Waals surface area contributed by atoms with E-state index in [9.17, 15) is 14.9 Å². The van der Waals surface area contributed by atoms with Crippen molar-refractivity contribution in [2.45, 2.75) is 0 Å². The normalized spacial score (nSPS) is 13.7. The second-order valence-corrected chi connectivity index (χ2v) is 2.89. The third kappa shape index (κ3) is 0.990. The molecule has 1 amide bonds. The van der Waals surface area contributed by atoms with Crippen LogP contribution >= 0.6 is 0 Å². The van der Waals surface area contributed by atoms with Crippen LogP contribution in [0.4, 0.5) is 11.4 Å². The molecule has 14 heavy (non-hydrogen) atoms. The first-order valence-electron chi connectivity index (χ1n) is 3.89. The van der Waals surface area contributed by atoms with E-state index >= 15 is 0 Å². The predicted octanol–water partition coefficient (Wildman–Crippen LogP) is 1.56. The minimum absolute atomic E-state index is 0.102. The number of rotatable bonds is 1. The van der Waals surface area contributed by atoms with Crippen LogP contribution in [0.2, 0.25) is 0 Å². The number of nitrogens with one attached hydrogen (secondary N) is 1. The van der Waals surface area contributed by atoms with Crippen molar-refractivity contribution in [2.24, 2.45) is 0 Å². The van der Waals surface area contributed by atoms with E-state index in [-0.39, 0.29) is 22.9 Å². The number of para-hydroxylation sites is 1. The Kier molecular flexibility index (Phi) is 1.60. The zero-order valence-corrected chi connectivity index (χ0v) is 7.11. The van der Waals surface area contributed by atoms with Crippen molar-refractivity contribution in [3.05, 3.63) is 40.5 Å². The minimum Gasteiger partial charge on any atom is -0.316 e. The van der Waals surface area contributed by atoms with Crippen molar-refractivity contribution in [1.82, 2.24) is 0 Å². The molecule has 0 saturated heterocycles. The maximum atomic E-state index is 11.2. The molecule has 1 aliphatic rings. The highest BCUT2D eigenvalue weighted by molar-refractivity contribution is 6.31. The molecule has 0 spiro atoms. The number of amides is 1. The lowest BCUT2D eigenvalue weighted by Gasteiger charge is -1.98. The highest BCUT2D eigenvalue weighted by atomic mass is 16.6. The van der Waals surface area contributed by atoms with Crippen molar-refractivity contribution in [3.8, 4) is 0 Å². The third-order valence-electron chi connectivity index (χ3n) is 2.08. The summed E-state index contributed by atoms with van der Waals surface area (Å²) in [5.41, 5.74) is 0.912. The molecule has 1 aromatic rings. The Morgan fingerprint density at radius 2 is 2.14 bits per heavy atom. The summed E-state index contributed by atoms with van der Waals surface area (Å²) in [6.07, 6.45) is 0. The third-order valence-corrected chi connectivity index (χ3v) is 2.08. The summed E-state index contributed by atoms with van der Waals surface area (Å²) < 4.78 is 0. The van der Waals surface area contributed by atoms with Gasteiger partial charge >= 0.3 is 0 Å². The molecule has 5 heteroatoms. The highest BCUT2D eigenvalue weighted by Crippen LogP contribution is 2.37. The monoisotopic (exact) mass is 190 g/mol. The van der Waals surface area contributed by atoms with E-state index in [0.29, 0.717) is 5.56 Å². The lowest BCUT2D eigenvalue weighted by atomic mass is 10.1. The molecular formula is C9H6N2O3. The summed E-state index contributed by atoms with van der Waals surface area (Å²) >= 11 is 0. The van der Waals surface area contributed by atoms with Gasteiger partial charge < -0.3 is 5.32 Å². The molecule has 0 aromatic heterocycles. The second-order valence-electron chi connectivity index (χ2n) is 2.89. The number of carbonyl (C=O) groups excluding carboxylic acids is 1. The van der Waals surface area contributed by atoms with Crippen molar-refractivity contribution in [3.63, 3.8) is 0 Å². The van der Waals surface area contributed by atoms with Gasteiger partial charge in [0.05, 0.1) is 4.92 Å². The first-order valence-corrected chi connectivity index (χ1v) is 3.89. The molecule has 2 rings (SSSR count). The summed E-state index contributed by atoms with van der Waals surface area (Å²) in [6, 6.07) is 4.50. The van der Waals surface area contributed by atoms with Crippen LogP contribution in [0.1, 0.15) is 5.56 Å². The van der Waals surface area contributed by atoms with Gasteiger partial charge in [0.25, 0.3) is 11.6 Å². The fourth-order valence-electron chi connectivity index (χ4n) is 1.39. The quantitative estimate of drug-likeness (QED) is 0.415. The number of carbonyl (C=O) groups is 1. The van der Waals surface area contributed by atoms with Crippen LogP contribution in [0.3, 0.4) is 0 Å². The maximum Gasteiger partial charge on any atom is 0.293 e. The van der Waals surface area contributed by atoms with E-state index in [1.807, 2.05) is 0 Å². The van der Waals surface area contributed by atoms with Crippen LogP contribution in [0.15, 0.2) is 24.8 Å². The zero-order valence-electron chi connectivity index (χ0n) is 7.11. The van der Waals surface area contributed by atoms with Crippen LogP contribution in [0.5, 0.6) is 0 Å². The van der Waals surface area contributed by atoms with E-state index in [1.54, 1.807) is 6.07 Å². The molecule has 70 valence electrons.